The number of rotatable bonds is 7. The lowest BCUT2D eigenvalue weighted by Gasteiger charge is -2.23. The van der Waals surface area contributed by atoms with E-state index in [1.165, 1.54) is 0 Å². The van der Waals surface area contributed by atoms with Crippen molar-refractivity contribution in [1.82, 2.24) is 0 Å². The molecule has 0 N–H and O–H groups in total. The molecule has 1 aromatic rings. The van der Waals surface area contributed by atoms with Gasteiger partial charge in [0.05, 0.1) is 0 Å². The summed E-state index contributed by atoms with van der Waals surface area (Å²) in [6, 6.07) is 7.72. The molecule has 0 unspecified atom stereocenters. The van der Waals surface area contributed by atoms with Gasteiger partial charge in [0.2, 0.25) is 30.8 Å². The van der Waals surface area contributed by atoms with Gasteiger partial charge >= 0.3 is 5.97 Å². The Bertz CT molecular complexity index is 656. The molecular weight excluding hydrogens is 378 g/mol. The summed E-state index contributed by atoms with van der Waals surface area (Å²) in [7, 11) is -5.52. The minimum atomic E-state index is -1.92. The van der Waals surface area contributed by atoms with E-state index in [9.17, 15) is 4.79 Å². The zero-order chi connectivity index (χ0) is 20.2. The topological polar surface area (TPSA) is 57.1 Å². The van der Waals surface area contributed by atoms with Gasteiger partial charge in [-0.2, -0.15) is 0 Å². The molecule has 0 saturated carbocycles. The maximum atomic E-state index is 12.1. The summed E-state index contributed by atoms with van der Waals surface area (Å²) in [5, 5.41) is 0. The number of benzene rings is 1. The highest BCUT2D eigenvalue weighted by molar-refractivity contribution is 6.72. The highest BCUT2D eigenvalue weighted by atomic mass is 28.4. The Morgan fingerprint density at radius 3 is 1.96 bits per heavy atom. The lowest BCUT2D eigenvalue weighted by atomic mass is 10.2. The molecule has 0 atom stereocenters. The van der Waals surface area contributed by atoms with Crippen LogP contribution in [0.1, 0.15) is 5.56 Å². The highest BCUT2D eigenvalue weighted by Gasteiger charge is 2.23. The standard InChI is InChI=1S/C18H33NO4Si3/c1-24(2,3)21-16-12-10-11-15(13-16)18(23-26(7,8)9)19-14-17(20)22-25(4,5)6/h10-13H,14H2,1-9H3. The van der Waals surface area contributed by atoms with Crippen molar-refractivity contribution >= 4 is 36.8 Å². The number of aliphatic imine (C=N–C) groups is 1. The summed E-state index contributed by atoms with van der Waals surface area (Å²) >= 11 is 0. The number of carbonyl (C=O) groups excluding carboxylic acids is 1. The molecule has 0 spiro atoms. The number of nitrogens with zero attached hydrogens (tertiary/aromatic N) is 1. The van der Waals surface area contributed by atoms with Crippen LogP contribution in [0.4, 0.5) is 0 Å². The Hall–Kier alpha value is -1.39. The maximum Gasteiger partial charge on any atom is 0.314 e. The van der Waals surface area contributed by atoms with Crippen molar-refractivity contribution in [2.24, 2.45) is 4.99 Å². The molecule has 0 fully saturated rings. The summed E-state index contributed by atoms with van der Waals surface area (Å²) < 4.78 is 17.7. The molecule has 146 valence electrons. The van der Waals surface area contributed by atoms with Crippen LogP contribution in [0.3, 0.4) is 0 Å². The van der Waals surface area contributed by atoms with Crippen LogP contribution < -0.4 is 4.43 Å². The highest BCUT2D eigenvalue weighted by Crippen LogP contribution is 2.20. The Morgan fingerprint density at radius 1 is 0.885 bits per heavy atom. The van der Waals surface area contributed by atoms with Crippen LogP contribution in [0.5, 0.6) is 5.75 Å². The van der Waals surface area contributed by atoms with Gasteiger partial charge in [-0.3, -0.25) is 4.79 Å². The lowest BCUT2D eigenvalue weighted by Crippen LogP contribution is -2.32. The third kappa shape index (κ3) is 9.93. The molecule has 0 radical (unpaired) electrons. The molecule has 8 heteroatoms. The van der Waals surface area contributed by atoms with E-state index >= 15 is 0 Å². The molecule has 0 aliphatic carbocycles. The van der Waals surface area contributed by atoms with E-state index in [1.807, 2.05) is 43.9 Å². The summed E-state index contributed by atoms with van der Waals surface area (Å²) in [5.41, 5.74) is 0.823. The SMILES string of the molecule is C[Si](C)(C)OC(=O)CN=C(O[Si](C)(C)C)c1cccc(O[Si](C)(C)C)c1. The molecule has 0 bridgehead atoms. The summed E-state index contributed by atoms with van der Waals surface area (Å²) in [6.07, 6.45) is 0. The van der Waals surface area contributed by atoms with Crippen molar-refractivity contribution in [3.63, 3.8) is 0 Å². The van der Waals surface area contributed by atoms with Gasteiger partial charge in [-0.15, -0.1) is 0 Å². The van der Waals surface area contributed by atoms with E-state index < -0.39 is 25.0 Å². The van der Waals surface area contributed by atoms with Gasteiger partial charge in [-0.25, -0.2) is 4.99 Å². The molecule has 0 saturated heterocycles. The second-order valence-corrected chi connectivity index (χ2v) is 22.5. The van der Waals surface area contributed by atoms with Gasteiger partial charge in [0, 0.05) is 5.56 Å². The average molecular weight is 412 g/mol. The quantitative estimate of drug-likeness (QED) is 0.365. The smallest absolute Gasteiger partial charge is 0.314 e. The van der Waals surface area contributed by atoms with Gasteiger partial charge < -0.3 is 13.3 Å². The third-order valence-corrected chi connectivity index (χ3v) is 5.17. The van der Waals surface area contributed by atoms with Crippen molar-refractivity contribution < 1.29 is 18.1 Å². The molecule has 0 aromatic heterocycles. The van der Waals surface area contributed by atoms with Crippen molar-refractivity contribution in [2.75, 3.05) is 6.54 Å². The van der Waals surface area contributed by atoms with E-state index in [1.54, 1.807) is 0 Å². The van der Waals surface area contributed by atoms with Gasteiger partial charge in [0.25, 0.3) is 0 Å². The second-order valence-electron chi connectivity index (χ2n) is 9.16. The first kappa shape index (κ1) is 22.7. The lowest BCUT2D eigenvalue weighted by molar-refractivity contribution is -0.133. The number of hydrogen-bond donors (Lipinski definition) is 0. The van der Waals surface area contributed by atoms with Crippen LogP contribution in [0.25, 0.3) is 0 Å². The molecule has 0 aliphatic rings. The Labute approximate surface area is 161 Å². The average Bonchev–Trinajstić information content (AvgIpc) is 2.38. The van der Waals surface area contributed by atoms with Gasteiger partial charge in [-0.1, -0.05) is 6.07 Å². The fourth-order valence-corrected chi connectivity index (χ4v) is 4.37. The molecule has 0 heterocycles. The van der Waals surface area contributed by atoms with E-state index in [2.05, 4.69) is 44.3 Å². The van der Waals surface area contributed by atoms with Gasteiger partial charge in [0.15, 0.2) is 0 Å². The van der Waals surface area contributed by atoms with Crippen LogP contribution in [-0.4, -0.2) is 43.4 Å². The molecule has 1 aromatic carbocycles. The molecule has 0 aliphatic heterocycles. The zero-order valence-electron chi connectivity index (χ0n) is 17.6. The second kappa shape index (κ2) is 8.53. The zero-order valence-corrected chi connectivity index (χ0v) is 20.6. The Balaban J connectivity index is 3.08. The van der Waals surface area contributed by atoms with Crippen molar-refractivity contribution in [1.29, 1.82) is 0 Å². The molecule has 26 heavy (non-hydrogen) atoms. The largest absolute Gasteiger partial charge is 0.544 e. The first-order valence-electron chi connectivity index (χ1n) is 8.89. The third-order valence-electron chi connectivity index (χ3n) is 2.68. The van der Waals surface area contributed by atoms with Gasteiger partial charge in [-0.05, 0) is 77.1 Å². The summed E-state index contributed by atoms with van der Waals surface area (Å²) in [6.45, 7) is 18.6. The maximum absolute atomic E-state index is 12.1. The van der Waals surface area contributed by atoms with Crippen molar-refractivity contribution in [2.45, 2.75) is 58.9 Å². The van der Waals surface area contributed by atoms with Crippen molar-refractivity contribution in [3.05, 3.63) is 29.8 Å². The van der Waals surface area contributed by atoms with E-state index in [0.717, 1.165) is 11.3 Å². The normalized spacial score (nSPS) is 13.3. The minimum Gasteiger partial charge on any atom is -0.544 e. The predicted molar refractivity (Wildman–Crippen MR) is 116 cm³/mol. The minimum absolute atomic E-state index is 0.0385. The molecule has 5 nitrogen and oxygen atoms in total. The monoisotopic (exact) mass is 411 g/mol. The van der Waals surface area contributed by atoms with Crippen LogP contribution in [0, 0.1) is 0 Å². The van der Waals surface area contributed by atoms with Gasteiger partial charge in [0.1, 0.15) is 12.3 Å². The predicted octanol–water partition coefficient (Wildman–Crippen LogP) is 4.88. The van der Waals surface area contributed by atoms with Crippen molar-refractivity contribution in [3.8, 4) is 5.75 Å². The fourth-order valence-electron chi connectivity index (χ4n) is 2.03. The van der Waals surface area contributed by atoms with E-state index in [0.29, 0.717) is 5.90 Å². The first-order valence-corrected chi connectivity index (χ1v) is 19.1. The summed E-state index contributed by atoms with van der Waals surface area (Å²) in [4.78, 5) is 16.5. The van der Waals surface area contributed by atoms with Crippen LogP contribution >= 0.6 is 0 Å². The Morgan fingerprint density at radius 2 is 1.46 bits per heavy atom. The number of hydrogen-bond acceptors (Lipinski definition) is 5. The fraction of sp³-hybridized carbons (Fsp3) is 0.556. The Kier molecular flexibility index (Phi) is 7.43. The molecule has 1 rings (SSSR count). The van der Waals surface area contributed by atoms with E-state index in [-0.39, 0.29) is 12.5 Å². The van der Waals surface area contributed by atoms with E-state index in [4.69, 9.17) is 13.3 Å². The summed E-state index contributed by atoms with van der Waals surface area (Å²) in [5.74, 6) is 0.978. The van der Waals surface area contributed by atoms with Crippen LogP contribution in [0.15, 0.2) is 29.3 Å². The first-order chi connectivity index (χ1) is 11.6. The number of carbonyl (C=O) groups is 1. The molecular formula is C18H33NO4Si3. The van der Waals surface area contributed by atoms with Crippen LogP contribution in [-0.2, 0) is 13.6 Å². The molecule has 0 amide bonds. The van der Waals surface area contributed by atoms with Crippen LogP contribution in [0.2, 0.25) is 58.9 Å².